The lowest BCUT2D eigenvalue weighted by molar-refractivity contribution is -0.127. The molecular weight excluding hydrogens is 390 g/mol. The molecule has 6 nitrogen and oxygen atoms in total. The van der Waals surface area contributed by atoms with Crippen LogP contribution in [-0.4, -0.2) is 54.7 Å². The van der Waals surface area contributed by atoms with Crippen LogP contribution >= 0.6 is 34.3 Å². The number of sulfonamides is 1. The molecule has 0 spiro atoms. The van der Waals surface area contributed by atoms with Crippen molar-refractivity contribution in [3.05, 3.63) is 39.1 Å². The van der Waals surface area contributed by atoms with Crippen molar-refractivity contribution in [3.63, 3.8) is 0 Å². The molecule has 3 heterocycles. The average molecular weight is 404 g/mol. The van der Waals surface area contributed by atoms with Gasteiger partial charge in [0.15, 0.2) is 0 Å². The number of rotatable bonds is 4. The molecule has 1 fully saturated rings. The Kier molecular flexibility index (Phi) is 5.36. The number of hydrogen-bond donors (Lipinski definition) is 0. The first-order valence-electron chi connectivity index (χ1n) is 7.09. The number of carbonyl (C=O) groups is 1. The van der Waals surface area contributed by atoms with Gasteiger partial charge >= 0.3 is 0 Å². The van der Waals surface area contributed by atoms with E-state index in [1.54, 1.807) is 23.2 Å². The molecule has 1 aliphatic heterocycles. The maximum atomic E-state index is 12.5. The zero-order valence-electron chi connectivity index (χ0n) is 12.5. The summed E-state index contributed by atoms with van der Waals surface area (Å²) in [5.41, 5.74) is 0. The van der Waals surface area contributed by atoms with Crippen LogP contribution in [0.25, 0.3) is 6.08 Å². The zero-order valence-corrected chi connectivity index (χ0v) is 15.7. The molecule has 128 valence electrons. The number of nitrogens with zero attached hydrogens (tertiary/aromatic N) is 3. The van der Waals surface area contributed by atoms with Crippen molar-refractivity contribution in [3.8, 4) is 0 Å². The fourth-order valence-corrected chi connectivity index (χ4v) is 5.87. The van der Waals surface area contributed by atoms with E-state index in [4.69, 9.17) is 11.6 Å². The van der Waals surface area contributed by atoms with Crippen LogP contribution < -0.4 is 0 Å². The topological polar surface area (TPSA) is 70.6 Å². The molecule has 2 aromatic rings. The first-order valence-corrected chi connectivity index (χ1v) is 10.6. The summed E-state index contributed by atoms with van der Waals surface area (Å²) in [5, 5.41) is 2.60. The Labute approximate surface area is 153 Å². The molecule has 0 saturated carbocycles. The van der Waals surface area contributed by atoms with E-state index in [1.807, 2.05) is 5.38 Å². The predicted octanol–water partition coefficient (Wildman–Crippen LogP) is 2.40. The molecule has 2 aromatic heterocycles. The molecule has 24 heavy (non-hydrogen) atoms. The summed E-state index contributed by atoms with van der Waals surface area (Å²) in [5.74, 6) is -0.138. The minimum atomic E-state index is -3.53. The summed E-state index contributed by atoms with van der Waals surface area (Å²) < 4.78 is 27.1. The molecule has 0 aliphatic carbocycles. The van der Waals surface area contributed by atoms with Crippen LogP contribution in [0.5, 0.6) is 0 Å². The molecular formula is C14H14ClN3O3S3. The zero-order chi connectivity index (χ0) is 17.2. The van der Waals surface area contributed by atoms with Crippen LogP contribution in [0.15, 0.2) is 34.0 Å². The quantitative estimate of drug-likeness (QED) is 0.735. The van der Waals surface area contributed by atoms with Gasteiger partial charge in [-0.3, -0.25) is 4.79 Å². The Bertz CT molecular complexity index is 838. The van der Waals surface area contributed by atoms with E-state index in [9.17, 15) is 13.2 Å². The molecule has 1 aliphatic rings. The number of amides is 1. The van der Waals surface area contributed by atoms with Crippen molar-refractivity contribution in [1.82, 2.24) is 14.2 Å². The second-order valence-electron chi connectivity index (χ2n) is 4.99. The molecule has 1 saturated heterocycles. The van der Waals surface area contributed by atoms with Crippen molar-refractivity contribution in [2.45, 2.75) is 4.21 Å². The van der Waals surface area contributed by atoms with Gasteiger partial charge in [0.2, 0.25) is 5.91 Å². The lowest BCUT2D eigenvalue weighted by Crippen LogP contribution is -2.50. The Hall–Kier alpha value is -1.26. The molecule has 0 atom stereocenters. The third-order valence-corrected chi connectivity index (χ3v) is 7.85. The summed E-state index contributed by atoms with van der Waals surface area (Å²) in [6, 6.07) is 3.08. The maximum absolute atomic E-state index is 12.5. The van der Waals surface area contributed by atoms with Gasteiger partial charge in [-0.25, -0.2) is 13.4 Å². The van der Waals surface area contributed by atoms with E-state index in [1.165, 1.54) is 27.8 Å². The lowest BCUT2D eigenvalue weighted by atomic mass is 10.3. The highest BCUT2D eigenvalue weighted by Gasteiger charge is 2.30. The lowest BCUT2D eigenvalue weighted by Gasteiger charge is -2.33. The predicted molar refractivity (Wildman–Crippen MR) is 95.8 cm³/mol. The minimum absolute atomic E-state index is 0.138. The smallest absolute Gasteiger partial charge is 0.252 e. The SMILES string of the molecule is O=C(/C=C/c1nccs1)N1CCN(S(=O)(=O)c2ccc(Cl)s2)CC1. The molecule has 10 heteroatoms. The number of thiazole rings is 1. The van der Waals surface area contributed by atoms with Crippen LogP contribution in [0.2, 0.25) is 4.34 Å². The van der Waals surface area contributed by atoms with Gasteiger partial charge in [0.25, 0.3) is 10.0 Å². The largest absolute Gasteiger partial charge is 0.337 e. The highest BCUT2D eigenvalue weighted by molar-refractivity contribution is 7.91. The number of carbonyl (C=O) groups excluding carboxylic acids is 1. The monoisotopic (exact) mass is 403 g/mol. The van der Waals surface area contributed by atoms with Crippen molar-refractivity contribution in [2.75, 3.05) is 26.2 Å². The van der Waals surface area contributed by atoms with E-state index in [0.29, 0.717) is 17.4 Å². The van der Waals surface area contributed by atoms with Gasteiger partial charge in [-0.05, 0) is 18.2 Å². The third kappa shape index (κ3) is 3.86. The van der Waals surface area contributed by atoms with Crippen LogP contribution in [0, 0.1) is 0 Å². The van der Waals surface area contributed by atoms with Gasteiger partial charge in [0.1, 0.15) is 9.22 Å². The summed E-state index contributed by atoms with van der Waals surface area (Å²) in [4.78, 5) is 17.9. The van der Waals surface area contributed by atoms with Crippen molar-refractivity contribution >= 4 is 56.3 Å². The minimum Gasteiger partial charge on any atom is -0.337 e. The molecule has 0 aromatic carbocycles. The molecule has 1 amide bonds. The van der Waals surface area contributed by atoms with E-state index in [-0.39, 0.29) is 23.2 Å². The highest BCUT2D eigenvalue weighted by atomic mass is 35.5. The molecule has 0 radical (unpaired) electrons. The normalized spacial score (nSPS) is 16.8. The van der Waals surface area contributed by atoms with Crippen molar-refractivity contribution in [1.29, 1.82) is 0 Å². The van der Waals surface area contributed by atoms with Crippen molar-refractivity contribution < 1.29 is 13.2 Å². The first kappa shape index (κ1) is 17.6. The Balaban J connectivity index is 1.60. The average Bonchev–Trinajstić information content (AvgIpc) is 3.24. The summed E-state index contributed by atoms with van der Waals surface area (Å²) in [7, 11) is -3.53. The summed E-state index contributed by atoms with van der Waals surface area (Å²) >= 11 is 8.31. The molecule has 0 unspecified atom stereocenters. The first-order chi connectivity index (χ1) is 11.5. The molecule has 3 rings (SSSR count). The van der Waals surface area contributed by atoms with Crippen LogP contribution in [0.1, 0.15) is 5.01 Å². The van der Waals surface area contributed by atoms with E-state index >= 15 is 0 Å². The van der Waals surface area contributed by atoms with E-state index in [2.05, 4.69) is 4.98 Å². The van der Waals surface area contributed by atoms with Gasteiger partial charge in [0.05, 0.1) is 4.34 Å². The fourth-order valence-electron chi connectivity index (χ4n) is 2.28. The Morgan fingerprint density at radius 3 is 2.58 bits per heavy atom. The number of halogens is 1. The number of thiophene rings is 1. The van der Waals surface area contributed by atoms with Gasteiger partial charge in [-0.1, -0.05) is 11.6 Å². The Morgan fingerprint density at radius 2 is 2.00 bits per heavy atom. The van der Waals surface area contributed by atoms with Gasteiger partial charge in [-0.15, -0.1) is 22.7 Å². The van der Waals surface area contributed by atoms with Crippen LogP contribution in [-0.2, 0) is 14.8 Å². The summed E-state index contributed by atoms with van der Waals surface area (Å²) in [6.45, 7) is 1.27. The van der Waals surface area contributed by atoms with E-state index < -0.39 is 10.0 Å². The molecule has 0 N–H and O–H groups in total. The van der Waals surface area contributed by atoms with Gasteiger partial charge in [-0.2, -0.15) is 4.31 Å². The highest BCUT2D eigenvalue weighted by Crippen LogP contribution is 2.28. The van der Waals surface area contributed by atoms with Crippen LogP contribution in [0.4, 0.5) is 0 Å². The Morgan fingerprint density at radius 1 is 1.25 bits per heavy atom. The number of piperazine rings is 1. The van der Waals surface area contributed by atoms with Gasteiger partial charge < -0.3 is 4.90 Å². The third-order valence-electron chi connectivity index (χ3n) is 3.51. The van der Waals surface area contributed by atoms with Crippen LogP contribution in [0.3, 0.4) is 0 Å². The second-order valence-corrected chi connectivity index (χ2v) is 9.80. The number of aromatic nitrogens is 1. The maximum Gasteiger partial charge on any atom is 0.252 e. The summed E-state index contributed by atoms with van der Waals surface area (Å²) in [6.07, 6.45) is 4.82. The second kappa shape index (κ2) is 7.32. The standard InChI is InChI=1S/C14H14ClN3O3S3/c15-11-1-4-14(23-11)24(20,21)18-8-6-17(7-9-18)13(19)3-2-12-16-5-10-22-12/h1-5,10H,6-9H2/b3-2+. The van der Waals surface area contributed by atoms with Gasteiger partial charge in [0, 0.05) is 43.8 Å². The fraction of sp³-hybridized carbons (Fsp3) is 0.286. The van der Waals surface area contributed by atoms with Crippen molar-refractivity contribution in [2.24, 2.45) is 0 Å². The molecule has 0 bridgehead atoms. The number of hydrogen-bond acceptors (Lipinski definition) is 6. The van der Waals surface area contributed by atoms with E-state index in [0.717, 1.165) is 16.3 Å².